The Morgan fingerprint density at radius 3 is 2.50 bits per heavy atom. The zero-order valence-electron chi connectivity index (χ0n) is 11.7. The quantitative estimate of drug-likeness (QED) is 0.470. The summed E-state index contributed by atoms with van der Waals surface area (Å²) in [5, 5.41) is 2.41. The Hall–Kier alpha value is -0.410. The van der Waals surface area contributed by atoms with Crippen LogP contribution in [0.3, 0.4) is 0 Å². The lowest BCUT2D eigenvalue weighted by atomic mass is 10.3. The van der Waals surface area contributed by atoms with Crippen molar-refractivity contribution in [2.24, 2.45) is 0 Å². The molecule has 0 aliphatic carbocycles. The summed E-state index contributed by atoms with van der Waals surface area (Å²) in [6.45, 7) is 3.35. The number of alkyl halides is 1. The fourth-order valence-corrected chi connectivity index (χ4v) is 3.21. The van der Waals surface area contributed by atoms with Gasteiger partial charge in [0.25, 0.3) is 0 Å². The van der Waals surface area contributed by atoms with Crippen LogP contribution in [0.4, 0.5) is 0 Å². The van der Waals surface area contributed by atoms with Gasteiger partial charge in [-0.3, -0.25) is 9.69 Å². The Morgan fingerprint density at radius 1 is 1.30 bits per heavy atom. The normalized spacial score (nSPS) is 18.1. The first-order chi connectivity index (χ1) is 9.49. The van der Waals surface area contributed by atoms with E-state index in [0.717, 1.165) is 6.42 Å². The zero-order chi connectivity index (χ0) is 15.0. The van der Waals surface area contributed by atoms with E-state index in [1.165, 1.54) is 4.31 Å². The third-order valence-corrected chi connectivity index (χ3v) is 5.33. The van der Waals surface area contributed by atoms with E-state index in [4.69, 9.17) is 16.3 Å². The van der Waals surface area contributed by atoms with Crippen molar-refractivity contribution in [3.05, 3.63) is 0 Å². The third-order valence-electron chi connectivity index (χ3n) is 3.08. The predicted octanol–water partition coefficient (Wildman–Crippen LogP) is -0.717. The van der Waals surface area contributed by atoms with E-state index >= 15 is 0 Å². The van der Waals surface area contributed by atoms with Crippen LogP contribution >= 0.6 is 11.6 Å². The van der Waals surface area contributed by atoms with Gasteiger partial charge in [-0.1, -0.05) is 0 Å². The minimum atomic E-state index is -3.34. The van der Waals surface area contributed by atoms with Gasteiger partial charge in [0.1, 0.15) is 5.21 Å². The van der Waals surface area contributed by atoms with E-state index in [0.29, 0.717) is 45.9 Å². The zero-order valence-corrected chi connectivity index (χ0v) is 13.3. The molecule has 0 unspecified atom stereocenters. The first-order valence-corrected chi connectivity index (χ1v) is 8.65. The molecule has 1 saturated heterocycles. The number of ether oxygens (including phenoxy) is 1. The van der Waals surface area contributed by atoms with Crippen LogP contribution in [0, 0.1) is 0 Å². The summed E-state index contributed by atoms with van der Waals surface area (Å²) in [5.74, 6) is -0.0465. The smallest absolute Gasteiger partial charge is 0.234 e. The van der Waals surface area contributed by atoms with Gasteiger partial charge in [-0.05, 0) is 6.42 Å². The SMILES string of the molecule is COCCCNC(=O)CN1CCN(S(=O)(=O)CCl)CC1. The number of hydrogen-bond donors (Lipinski definition) is 1. The summed E-state index contributed by atoms with van der Waals surface area (Å²) in [5.41, 5.74) is 0. The van der Waals surface area contributed by atoms with Crippen LogP contribution < -0.4 is 5.32 Å². The Labute approximate surface area is 125 Å². The number of amides is 1. The van der Waals surface area contributed by atoms with Crippen molar-refractivity contribution in [1.82, 2.24) is 14.5 Å². The molecule has 0 aromatic rings. The van der Waals surface area contributed by atoms with Crippen molar-refractivity contribution in [3.63, 3.8) is 0 Å². The lowest BCUT2D eigenvalue weighted by molar-refractivity contribution is -0.122. The molecule has 7 nitrogen and oxygen atoms in total. The summed E-state index contributed by atoms with van der Waals surface area (Å²) < 4.78 is 29.4. The van der Waals surface area contributed by atoms with E-state index < -0.39 is 15.2 Å². The minimum absolute atomic E-state index is 0.0465. The number of sulfonamides is 1. The van der Waals surface area contributed by atoms with E-state index in [9.17, 15) is 13.2 Å². The lowest BCUT2D eigenvalue weighted by Crippen LogP contribution is -2.51. The summed E-state index contributed by atoms with van der Waals surface area (Å²) in [6, 6.07) is 0. The van der Waals surface area contributed by atoms with Gasteiger partial charge < -0.3 is 10.1 Å². The maximum absolute atomic E-state index is 11.7. The molecule has 118 valence electrons. The maximum Gasteiger partial charge on any atom is 0.234 e. The van der Waals surface area contributed by atoms with Crippen molar-refractivity contribution in [2.45, 2.75) is 6.42 Å². The summed E-state index contributed by atoms with van der Waals surface area (Å²) in [7, 11) is -1.71. The van der Waals surface area contributed by atoms with E-state index in [1.807, 2.05) is 4.90 Å². The molecule has 1 heterocycles. The molecule has 1 fully saturated rings. The molecule has 9 heteroatoms. The molecule has 1 rings (SSSR count). The number of rotatable bonds is 8. The van der Waals surface area contributed by atoms with E-state index in [1.54, 1.807) is 7.11 Å². The second-order valence-electron chi connectivity index (χ2n) is 4.59. The standard InChI is InChI=1S/C11H22ClN3O4S/c1-19-8-2-3-13-11(16)9-14-4-6-15(7-5-14)20(17,18)10-12/h2-10H2,1H3,(H,13,16). The molecule has 20 heavy (non-hydrogen) atoms. The highest BCUT2D eigenvalue weighted by molar-refractivity contribution is 7.90. The maximum atomic E-state index is 11.7. The fraction of sp³-hybridized carbons (Fsp3) is 0.909. The van der Waals surface area contributed by atoms with Gasteiger partial charge in [0, 0.05) is 46.4 Å². The molecule has 0 saturated carbocycles. The van der Waals surface area contributed by atoms with Crippen LogP contribution in [0.2, 0.25) is 0 Å². The number of nitrogens with one attached hydrogen (secondary N) is 1. The Balaban J connectivity index is 2.23. The molecular formula is C11H22ClN3O4S. The van der Waals surface area contributed by atoms with Gasteiger partial charge in [-0.25, -0.2) is 8.42 Å². The van der Waals surface area contributed by atoms with Crippen molar-refractivity contribution in [3.8, 4) is 0 Å². The number of halogens is 1. The summed E-state index contributed by atoms with van der Waals surface area (Å²) in [4.78, 5) is 13.6. The van der Waals surface area contributed by atoms with Crippen molar-refractivity contribution in [2.75, 3.05) is 58.2 Å². The Bertz CT molecular complexity index is 396. The second-order valence-corrected chi connectivity index (χ2v) is 7.15. The third kappa shape index (κ3) is 5.92. The number of piperazine rings is 1. The van der Waals surface area contributed by atoms with Crippen molar-refractivity contribution < 1.29 is 17.9 Å². The van der Waals surface area contributed by atoms with Gasteiger partial charge in [-0.15, -0.1) is 11.6 Å². The number of methoxy groups -OCH3 is 1. The average molecular weight is 328 g/mol. The van der Waals surface area contributed by atoms with Crippen LogP contribution in [0.5, 0.6) is 0 Å². The first kappa shape index (κ1) is 17.6. The Morgan fingerprint density at radius 2 is 1.95 bits per heavy atom. The molecule has 0 bridgehead atoms. The number of hydrogen-bond acceptors (Lipinski definition) is 5. The molecule has 0 radical (unpaired) electrons. The van der Waals surface area contributed by atoms with Gasteiger partial charge in [0.15, 0.2) is 0 Å². The highest BCUT2D eigenvalue weighted by atomic mass is 35.5. The molecule has 0 aromatic carbocycles. The molecule has 1 aliphatic rings. The molecule has 0 spiro atoms. The van der Waals surface area contributed by atoms with Gasteiger partial charge in [-0.2, -0.15) is 4.31 Å². The van der Waals surface area contributed by atoms with E-state index in [-0.39, 0.29) is 5.91 Å². The predicted molar refractivity (Wildman–Crippen MR) is 77.2 cm³/mol. The van der Waals surface area contributed by atoms with Crippen molar-refractivity contribution in [1.29, 1.82) is 0 Å². The molecule has 1 amide bonds. The minimum Gasteiger partial charge on any atom is -0.385 e. The molecule has 0 aromatic heterocycles. The molecule has 0 atom stereocenters. The highest BCUT2D eigenvalue weighted by Crippen LogP contribution is 2.08. The number of carbonyl (C=O) groups excluding carboxylic acids is 1. The highest BCUT2D eigenvalue weighted by Gasteiger charge is 2.26. The van der Waals surface area contributed by atoms with Crippen LogP contribution in [0.1, 0.15) is 6.42 Å². The molecular weight excluding hydrogens is 306 g/mol. The average Bonchev–Trinajstić information content (AvgIpc) is 2.44. The summed E-state index contributed by atoms with van der Waals surface area (Å²) >= 11 is 5.41. The number of carbonyl (C=O) groups is 1. The van der Waals surface area contributed by atoms with Gasteiger partial charge in [0.2, 0.25) is 15.9 Å². The van der Waals surface area contributed by atoms with Gasteiger partial charge in [0.05, 0.1) is 6.54 Å². The molecule has 1 N–H and O–H groups in total. The largest absolute Gasteiger partial charge is 0.385 e. The summed E-state index contributed by atoms with van der Waals surface area (Å²) in [6.07, 6.45) is 0.782. The van der Waals surface area contributed by atoms with Gasteiger partial charge >= 0.3 is 0 Å². The van der Waals surface area contributed by atoms with Crippen LogP contribution in [0.15, 0.2) is 0 Å². The first-order valence-electron chi connectivity index (χ1n) is 6.51. The van der Waals surface area contributed by atoms with Crippen LogP contribution in [0.25, 0.3) is 0 Å². The monoisotopic (exact) mass is 327 g/mol. The van der Waals surface area contributed by atoms with E-state index in [2.05, 4.69) is 5.32 Å². The topological polar surface area (TPSA) is 79.0 Å². The number of nitrogens with zero attached hydrogens (tertiary/aromatic N) is 2. The second kappa shape index (κ2) is 8.78. The van der Waals surface area contributed by atoms with Crippen LogP contribution in [-0.4, -0.2) is 81.7 Å². The molecule has 1 aliphatic heterocycles. The van der Waals surface area contributed by atoms with Crippen molar-refractivity contribution >= 4 is 27.5 Å². The lowest BCUT2D eigenvalue weighted by Gasteiger charge is -2.33. The fourth-order valence-electron chi connectivity index (χ4n) is 1.94. The Kier molecular flexibility index (Phi) is 7.75. The van der Waals surface area contributed by atoms with Crippen LogP contribution in [-0.2, 0) is 19.6 Å².